The standard InChI is InChI=1S/C24H34NO2PS2/c1-8-13-14-21(9-2)28(27-12-5)23(26)22-18(6)15-20(16-19(22)7)17-30-24(29)25(10-3)11-4/h8-9,13-16H,1,10-12,17H2,2-7H3/b14-13-,21-9+. The largest absolute Gasteiger partial charge is 0.358 e. The highest BCUT2D eigenvalue weighted by Gasteiger charge is 2.26. The fraction of sp³-hybridized carbons (Fsp3) is 0.417. The maximum absolute atomic E-state index is 13.5. The molecule has 0 saturated carbocycles. The zero-order valence-corrected chi connectivity index (χ0v) is 21.6. The van der Waals surface area contributed by atoms with Crippen molar-refractivity contribution in [3.8, 4) is 0 Å². The molecule has 0 bridgehead atoms. The Kier molecular flexibility index (Phi) is 12.4. The number of nitrogens with zero attached hydrogens (tertiary/aromatic N) is 1. The molecule has 3 nitrogen and oxygen atoms in total. The third kappa shape index (κ3) is 7.46. The number of hydrogen-bond donors (Lipinski definition) is 0. The summed E-state index contributed by atoms with van der Waals surface area (Å²) in [6.45, 7) is 18.1. The quantitative estimate of drug-likeness (QED) is 0.194. The van der Waals surface area contributed by atoms with E-state index in [1.54, 1.807) is 17.8 Å². The third-order valence-corrected chi connectivity index (χ3v) is 8.15. The van der Waals surface area contributed by atoms with Crippen LogP contribution in [0.15, 0.2) is 48.3 Å². The van der Waals surface area contributed by atoms with E-state index in [2.05, 4.69) is 37.5 Å². The highest BCUT2D eigenvalue weighted by molar-refractivity contribution is 8.22. The fourth-order valence-electron chi connectivity index (χ4n) is 3.12. The number of allylic oxidation sites excluding steroid dienone is 5. The van der Waals surface area contributed by atoms with E-state index < -0.39 is 8.15 Å². The first kappa shape index (κ1) is 26.8. The maximum Gasteiger partial charge on any atom is 0.216 e. The van der Waals surface area contributed by atoms with Crippen molar-refractivity contribution in [1.82, 2.24) is 4.90 Å². The van der Waals surface area contributed by atoms with E-state index in [9.17, 15) is 4.79 Å². The van der Waals surface area contributed by atoms with E-state index >= 15 is 0 Å². The Bertz CT molecular complexity index is 790. The lowest BCUT2D eigenvalue weighted by Crippen LogP contribution is -2.26. The average molecular weight is 464 g/mol. The smallest absolute Gasteiger partial charge is 0.216 e. The predicted molar refractivity (Wildman–Crippen MR) is 139 cm³/mol. The summed E-state index contributed by atoms with van der Waals surface area (Å²) in [6, 6.07) is 4.21. The summed E-state index contributed by atoms with van der Waals surface area (Å²) in [7, 11) is -1.39. The van der Waals surface area contributed by atoms with Crippen molar-refractivity contribution >= 4 is 42.0 Å². The molecule has 0 heterocycles. The summed E-state index contributed by atoms with van der Waals surface area (Å²) >= 11 is 7.22. The van der Waals surface area contributed by atoms with Crippen molar-refractivity contribution in [3.05, 3.63) is 70.6 Å². The summed E-state index contributed by atoms with van der Waals surface area (Å²) in [5.41, 5.74) is 3.97. The average Bonchev–Trinajstić information content (AvgIpc) is 2.72. The number of aryl methyl sites for hydroxylation is 2. The van der Waals surface area contributed by atoms with E-state index in [4.69, 9.17) is 16.7 Å². The topological polar surface area (TPSA) is 29.5 Å². The lowest BCUT2D eigenvalue weighted by atomic mass is 10.0. The van der Waals surface area contributed by atoms with Gasteiger partial charge in [0.1, 0.15) is 12.5 Å². The first-order valence-corrected chi connectivity index (χ1v) is 12.9. The molecule has 1 atom stereocenters. The number of carbonyl (C=O) groups excluding carboxylic acids is 1. The second kappa shape index (κ2) is 13.9. The van der Waals surface area contributed by atoms with Crippen LogP contribution in [0.1, 0.15) is 54.7 Å². The second-order valence-corrected chi connectivity index (χ2v) is 10.0. The van der Waals surface area contributed by atoms with Crippen LogP contribution in [0, 0.1) is 13.8 Å². The van der Waals surface area contributed by atoms with Crippen molar-refractivity contribution < 1.29 is 9.32 Å². The molecule has 0 radical (unpaired) electrons. The molecule has 1 aromatic rings. The number of thiocarbonyl (C=S) groups is 1. The lowest BCUT2D eigenvalue weighted by Gasteiger charge is -2.21. The van der Waals surface area contributed by atoms with E-state index in [-0.39, 0.29) is 5.52 Å². The van der Waals surface area contributed by atoms with Crippen LogP contribution in [-0.4, -0.2) is 34.4 Å². The van der Waals surface area contributed by atoms with Crippen LogP contribution >= 0.6 is 32.1 Å². The van der Waals surface area contributed by atoms with Gasteiger partial charge in [0, 0.05) is 36.3 Å². The monoisotopic (exact) mass is 463 g/mol. The second-order valence-electron chi connectivity index (χ2n) is 6.66. The minimum Gasteiger partial charge on any atom is -0.358 e. The van der Waals surface area contributed by atoms with Crippen molar-refractivity contribution in [2.45, 2.75) is 47.3 Å². The predicted octanol–water partition coefficient (Wildman–Crippen LogP) is 7.38. The summed E-state index contributed by atoms with van der Waals surface area (Å²) in [6.07, 6.45) is 7.41. The zero-order chi connectivity index (χ0) is 22.7. The van der Waals surface area contributed by atoms with E-state index in [1.165, 1.54) is 5.56 Å². The van der Waals surface area contributed by atoms with Crippen LogP contribution in [0.4, 0.5) is 0 Å². The Hall–Kier alpha value is -1.26. The van der Waals surface area contributed by atoms with Gasteiger partial charge in [-0.05, 0) is 58.2 Å². The third-order valence-electron chi connectivity index (χ3n) is 4.57. The van der Waals surface area contributed by atoms with Crippen molar-refractivity contribution in [2.75, 3.05) is 19.7 Å². The molecule has 0 fully saturated rings. The van der Waals surface area contributed by atoms with Gasteiger partial charge in [0.15, 0.2) is 0 Å². The SMILES string of the molecule is C=C/C=C\C(=C/C)P(OCC)C(=O)c1c(C)cc(CSC(=S)N(CC)CC)cc1C. The highest BCUT2D eigenvalue weighted by Crippen LogP contribution is 2.50. The molecule has 0 saturated heterocycles. The number of thioether (sulfide) groups is 1. The number of hydrogen-bond acceptors (Lipinski definition) is 4. The maximum atomic E-state index is 13.5. The Balaban J connectivity index is 3.14. The highest BCUT2D eigenvalue weighted by atomic mass is 32.2. The molecule has 0 amide bonds. The summed E-state index contributed by atoms with van der Waals surface area (Å²) in [5.74, 6) is 0.799. The molecule has 6 heteroatoms. The first-order valence-electron chi connectivity index (χ1n) is 10.3. The van der Waals surface area contributed by atoms with Gasteiger partial charge in [-0.1, -0.05) is 67.0 Å². The number of carbonyl (C=O) groups is 1. The minimum absolute atomic E-state index is 0.0570. The fourth-order valence-corrected chi connectivity index (χ4v) is 6.22. The Morgan fingerprint density at radius 1 is 1.23 bits per heavy atom. The van der Waals surface area contributed by atoms with E-state index in [1.807, 2.05) is 45.9 Å². The lowest BCUT2D eigenvalue weighted by molar-refractivity contribution is 0.106. The molecule has 30 heavy (non-hydrogen) atoms. The van der Waals surface area contributed by atoms with Crippen molar-refractivity contribution in [3.63, 3.8) is 0 Å². The van der Waals surface area contributed by atoms with E-state index in [0.29, 0.717) is 6.61 Å². The molecule has 1 unspecified atom stereocenters. The van der Waals surface area contributed by atoms with Crippen molar-refractivity contribution in [2.24, 2.45) is 0 Å². The summed E-state index contributed by atoms with van der Waals surface area (Å²) in [5, 5.41) is 0.903. The van der Waals surface area contributed by atoms with Crippen LogP contribution < -0.4 is 0 Å². The van der Waals surface area contributed by atoms with Gasteiger partial charge in [0.05, 0.1) is 0 Å². The summed E-state index contributed by atoms with van der Waals surface area (Å²) in [4.78, 5) is 15.6. The normalized spacial score (nSPS) is 12.8. The van der Waals surface area contributed by atoms with Gasteiger partial charge < -0.3 is 9.42 Å². The number of rotatable bonds is 11. The molecule has 0 aromatic heterocycles. The molecule has 0 aliphatic rings. The molecular weight excluding hydrogens is 429 g/mol. The Morgan fingerprint density at radius 2 is 1.83 bits per heavy atom. The minimum atomic E-state index is -1.39. The first-order chi connectivity index (χ1) is 14.3. The van der Waals surface area contributed by atoms with Gasteiger partial charge in [-0.15, -0.1) is 0 Å². The Morgan fingerprint density at radius 3 is 2.30 bits per heavy atom. The van der Waals surface area contributed by atoms with Crippen LogP contribution in [0.25, 0.3) is 0 Å². The molecule has 0 N–H and O–H groups in total. The van der Waals surface area contributed by atoms with Crippen LogP contribution in [0.5, 0.6) is 0 Å². The molecular formula is C24H34NO2PS2. The molecule has 164 valence electrons. The number of benzene rings is 1. The molecule has 0 spiro atoms. The molecule has 1 rings (SSSR count). The zero-order valence-electron chi connectivity index (χ0n) is 19.0. The van der Waals surface area contributed by atoms with Gasteiger partial charge in [0.2, 0.25) is 5.52 Å². The molecule has 1 aromatic carbocycles. The molecule has 0 aliphatic carbocycles. The van der Waals surface area contributed by atoms with Gasteiger partial charge >= 0.3 is 0 Å². The van der Waals surface area contributed by atoms with Gasteiger partial charge in [-0.2, -0.15) is 0 Å². The van der Waals surface area contributed by atoms with Crippen LogP contribution in [-0.2, 0) is 10.3 Å². The van der Waals surface area contributed by atoms with Crippen LogP contribution in [0.2, 0.25) is 0 Å². The Labute approximate surface area is 193 Å². The van der Waals surface area contributed by atoms with Gasteiger partial charge in [-0.3, -0.25) is 4.79 Å². The van der Waals surface area contributed by atoms with Gasteiger partial charge in [-0.25, -0.2) is 0 Å². The molecule has 0 aliphatic heterocycles. The van der Waals surface area contributed by atoms with Gasteiger partial charge in [0.25, 0.3) is 0 Å². The van der Waals surface area contributed by atoms with E-state index in [0.717, 1.165) is 45.2 Å². The van der Waals surface area contributed by atoms with Crippen LogP contribution in [0.3, 0.4) is 0 Å². The van der Waals surface area contributed by atoms with Crippen molar-refractivity contribution in [1.29, 1.82) is 0 Å². The summed E-state index contributed by atoms with van der Waals surface area (Å²) < 4.78 is 6.83.